The van der Waals surface area contributed by atoms with E-state index in [2.05, 4.69) is 10.1 Å². The number of amides is 1. The van der Waals surface area contributed by atoms with Crippen LogP contribution in [0.1, 0.15) is 34.1 Å². The maximum atomic E-state index is 11.8. The molecule has 0 bridgehead atoms. The van der Waals surface area contributed by atoms with Gasteiger partial charge >= 0.3 is 11.9 Å². The maximum Gasteiger partial charge on any atom is 0.329 e. The number of hydrogen-bond acceptors (Lipinski definition) is 8. The van der Waals surface area contributed by atoms with E-state index in [1.165, 1.54) is 0 Å². The van der Waals surface area contributed by atoms with Crippen molar-refractivity contribution in [1.29, 1.82) is 0 Å². The molecule has 0 saturated heterocycles. The maximum absolute atomic E-state index is 11.8. The zero-order valence-corrected chi connectivity index (χ0v) is 15.1. The molecule has 8 nitrogen and oxygen atoms in total. The number of Topliss-reactive ketones (excluding diaryl/α,β-unsaturated/α-hetero) is 1. The molecule has 0 radical (unpaired) electrons. The topological polar surface area (TPSA) is 116 Å². The Morgan fingerprint density at radius 1 is 1.00 bits per heavy atom. The van der Waals surface area contributed by atoms with E-state index in [0.29, 0.717) is 11.8 Å². The summed E-state index contributed by atoms with van der Waals surface area (Å²) in [6.07, 6.45) is -0.651. The average Bonchev–Trinajstić information content (AvgIpc) is 2.50. The Kier molecular flexibility index (Phi) is 10.7. The Balaban J connectivity index is 4.65. The van der Waals surface area contributed by atoms with Gasteiger partial charge in [-0.25, -0.2) is 4.79 Å². The molecule has 0 aromatic heterocycles. The van der Waals surface area contributed by atoms with Crippen molar-refractivity contribution in [3.05, 3.63) is 0 Å². The molecule has 0 aromatic rings. The van der Waals surface area contributed by atoms with Gasteiger partial charge in [0.15, 0.2) is 0 Å². The summed E-state index contributed by atoms with van der Waals surface area (Å²) in [6.45, 7) is 6.73. The van der Waals surface area contributed by atoms with E-state index >= 15 is 0 Å². The Labute approximate surface area is 145 Å². The normalized spacial score (nSPS) is 11.5. The molecule has 0 aromatic carbocycles. The van der Waals surface area contributed by atoms with Crippen LogP contribution in [0.4, 0.5) is 0 Å². The van der Waals surface area contributed by atoms with Gasteiger partial charge in [-0.15, -0.1) is 0 Å². The van der Waals surface area contributed by atoms with Crippen LogP contribution in [0.15, 0.2) is 0 Å². The van der Waals surface area contributed by atoms with Crippen LogP contribution in [-0.2, 0) is 33.4 Å². The van der Waals surface area contributed by atoms with Crippen molar-refractivity contribution in [2.75, 3.05) is 19.0 Å². The summed E-state index contributed by atoms with van der Waals surface area (Å²) in [6, 6.07) is -1.05. The minimum absolute atomic E-state index is 0.111. The van der Waals surface area contributed by atoms with Gasteiger partial charge in [0, 0.05) is 11.7 Å². The SMILES string of the molecule is CCOC(=O)CC(=O)C(=O)SCC(NC(=O)C(C)C)C(=O)OCC. The minimum atomic E-state index is -1.05. The number of nitrogens with one attached hydrogen (secondary N) is 1. The smallest absolute Gasteiger partial charge is 0.329 e. The van der Waals surface area contributed by atoms with Crippen LogP contribution >= 0.6 is 11.8 Å². The van der Waals surface area contributed by atoms with E-state index in [4.69, 9.17) is 4.74 Å². The van der Waals surface area contributed by atoms with Gasteiger partial charge in [0.25, 0.3) is 5.12 Å². The number of carbonyl (C=O) groups is 5. The Morgan fingerprint density at radius 3 is 2.08 bits per heavy atom. The van der Waals surface area contributed by atoms with Crippen molar-refractivity contribution in [3.63, 3.8) is 0 Å². The Morgan fingerprint density at radius 2 is 1.58 bits per heavy atom. The molecule has 1 unspecified atom stereocenters. The fourth-order valence-corrected chi connectivity index (χ4v) is 2.18. The average molecular weight is 361 g/mol. The highest BCUT2D eigenvalue weighted by atomic mass is 32.2. The molecule has 0 heterocycles. The van der Waals surface area contributed by atoms with E-state index in [0.717, 1.165) is 0 Å². The van der Waals surface area contributed by atoms with Gasteiger partial charge in [-0.2, -0.15) is 0 Å². The van der Waals surface area contributed by atoms with Crippen LogP contribution in [0, 0.1) is 5.92 Å². The van der Waals surface area contributed by atoms with E-state index in [-0.39, 0.29) is 30.8 Å². The standard InChI is InChI=1S/C15H23NO7S/c1-5-22-12(18)7-11(17)15(21)24-8-10(14(20)23-6-2)16-13(19)9(3)4/h9-10H,5-8H2,1-4H3,(H,16,19). The van der Waals surface area contributed by atoms with Crippen molar-refractivity contribution in [2.24, 2.45) is 5.92 Å². The van der Waals surface area contributed by atoms with Gasteiger partial charge in [-0.05, 0) is 13.8 Å². The lowest BCUT2D eigenvalue weighted by molar-refractivity contribution is -0.148. The van der Waals surface area contributed by atoms with Gasteiger partial charge < -0.3 is 14.8 Å². The predicted molar refractivity (Wildman–Crippen MR) is 87.1 cm³/mol. The Bertz CT molecular complexity index is 490. The molecule has 0 aliphatic carbocycles. The Hall–Kier alpha value is -1.90. The zero-order chi connectivity index (χ0) is 18.7. The van der Waals surface area contributed by atoms with Crippen molar-refractivity contribution >= 4 is 40.5 Å². The molecule has 1 atom stereocenters. The molecule has 0 aliphatic rings. The van der Waals surface area contributed by atoms with Crippen molar-refractivity contribution in [2.45, 2.75) is 40.2 Å². The van der Waals surface area contributed by atoms with Gasteiger partial charge in [-0.1, -0.05) is 25.6 Å². The molecular formula is C15H23NO7S. The lowest BCUT2D eigenvalue weighted by Gasteiger charge is -2.17. The summed E-state index contributed by atoms with van der Waals surface area (Å²) in [5, 5.41) is 1.59. The number of rotatable bonds is 10. The van der Waals surface area contributed by atoms with Crippen LogP contribution in [-0.4, -0.2) is 53.8 Å². The number of hydrogen-bond donors (Lipinski definition) is 1. The number of carbonyl (C=O) groups excluding carboxylic acids is 5. The monoisotopic (exact) mass is 361 g/mol. The van der Waals surface area contributed by atoms with Gasteiger partial charge in [0.05, 0.1) is 13.2 Å². The summed E-state index contributed by atoms with van der Waals surface area (Å²) >= 11 is 0.549. The third-order valence-electron chi connectivity index (χ3n) is 2.63. The van der Waals surface area contributed by atoms with Crippen LogP contribution < -0.4 is 5.32 Å². The molecule has 0 saturated carbocycles. The van der Waals surface area contributed by atoms with Crippen molar-refractivity contribution in [1.82, 2.24) is 5.32 Å². The van der Waals surface area contributed by atoms with Crippen LogP contribution in [0.2, 0.25) is 0 Å². The van der Waals surface area contributed by atoms with E-state index < -0.39 is 35.3 Å². The predicted octanol–water partition coefficient (Wildman–Crippen LogP) is 0.472. The largest absolute Gasteiger partial charge is 0.466 e. The second kappa shape index (κ2) is 11.6. The number of esters is 2. The van der Waals surface area contributed by atoms with Crippen molar-refractivity contribution in [3.8, 4) is 0 Å². The highest BCUT2D eigenvalue weighted by Gasteiger charge is 2.26. The summed E-state index contributed by atoms with van der Waals surface area (Å²) < 4.78 is 9.42. The van der Waals surface area contributed by atoms with Gasteiger partial charge in [0.2, 0.25) is 11.7 Å². The minimum Gasteiger partial charge on any atom is -0.466 e. The number of thioether (sulfide) groups is 1. The second-order valence-electron chi connectivity index (χ2n) is 4.97. The van der Waals surface area contributed by atoms with E-state index in [1.807, 2.05) is 0 Å². The number of ketones is 1. The molecule has 1 amide bonds. The third-order valence-corrected chi connectivity index (χ3v) is 3.62. The lowest BCUT2D eigenvalue weighted by atomic mass is 10.2. The molecule has 9 heteroatoms. The quantitative estimate of drug-likeness (QED) is 0.339. The third kappa shape index (κ3) is 8.66. The zero-order valence-electron chi connectivity index (χ0n) is 14.2. The highest BCUT2D eigenvalue weighted by molar-refractivity contribution is 8.15. The number of ether oxygens (including phenoxy) is 2. The molecule has 1 N–H and O–H groups in total. The summed E-state index contributed by atoms with van der Waals surface area (Å²) in [5.41, 5.74) is 0. The van der Waals surface area contributed by atoms with Gasteiger partial charge in [-0.3, -0.25) is 19.2 Å². The summed E-state index contributed by atoms with van der Waals surface area (Å²) in [7, 11) is 0. The summed E-state index contributed by atoms with van der Waals surface area (Å²) in [5.74, 6) is -3.29. The van der Waals surface area contributed by atoms with E-state index in [9.17, 15) is 24.0 Å². The molecular weight excluding hydrogens is 338 g/mol. The van der Waals surface area contributed by atoms with Crippen LogP contribution in [0.3, 0.4) is 0 Å². The lowest BCUT2D eigenvalue weighted by Crippen LogP contribution is -2.45. The first-order valence-corrected chi connectivity index (χ1v) is 8.53. The second-order valence-corrected chi connectivity index (χ2v) is 5.96. The van der Waals surface area contributed by atoms with Crippen LogP contribution in [0.5, 0.6) is 0 Å². The first-order chi connectivity index (χ1) is 11.2. The molecule has 0 rings (SSSR count). The van der Waals surface area contributed by atoms with Gasteiger partial charge in [0.1, 0.15) is 12.5 Å². The molecule has 0 aliphatic heterocycles. The molecule has 0 spiro atoms. The van der Waals surface area contributed by atoms with Crippen molar-refractivity contribution < 1.29 is 33.4 Å². The molecule has 0 fully saturated rings. The highest BCUT2D eigenvalue weighted by Crippen LogP contribution is 2.10. The molecule has 136 valence electrons. The summed E-state index contributed by atoms with van der Waals surface area (Å²) in [4.78, 5) is 58.0. The first kappa shape index (κ1) is 22.1. The molecule has 24 heavy (non-hydrogen) atoms. The fourth-order valence-electron chi connectivity index (χ4n) is 1.40. The first-order valence-electron chi connectivity index (χ1n) is 7.55. The van der Waals surface area contributed by atoms with Crippen LogP contribution in [0.25, 0.3) is 0 Å². The van der Waals surface area contributed by atoms with E-state index in [1.54, 1.807) is 27.7 Å². The fraction of sp³-hybridized carbons (Fsp3) is 0.667.